The van der Waals surface area contributed by atoms with Crippen LogP contribution in [0.5, 0.6) is 0 Å². The van der Waals surface area contributed by atoms with Crippen molar-refractivity contribution in [1.29, 1.82) is 0 Å². The molecule has 0 saturated heterocycles. The Kier molecular flexibility index (Phi) is 4.40. The molecule has 0 radical (unpaired) electrons. The number of allylic oxidation sites excluding steroid dienone is 1. The van der Waals surface area contributed by atoms with Crippen LogP contribution in [0.3, 0.4) is 0 Å². The van der Waals surface area contributed by atoms with E-state index in [4.69, 9.17) is 4.74 Å². The van der Waals surface area contributed by atoms with Gasteiger partial charge in [-0.15, -0.1) is 0 Å². The average molecular weight is 319 g/mol. The number of esters is 1. The highest BCUT2D eigenvalue weighted by Crippen LogP contribution is 2.58. The molecule has 0 amide bonds. The van der Waals surface area contributed by atoms with Crippen LogP contribution in [0.1, 0.15) is 79.6 Å². The molecule has 0 spiro atoms. The van der Waals surface area contributed by atoms with E-state index in [0.717, 1.165) is 18.3 Å². The van der Waals surface area contributed by atoms with Gasteiger partial charge in [0.05, 0.1) is 5.41 Å². The largest absolute Gasteiger partial charge is 0.454 e. The van der Waals surface area contributed by atoms with Crippen LogP contribution in [0.4, 0.5) is 0 Å². The van der Waals surface area contributed by atoms with Crippen LogP contribution in [0.15, 0.2) is 11.6 Å². The summed E-state index contributed by atoms with van der Waals surface area (Å²) in [6, 6.07) is 0. The van der Waals surface area contributed by atoms with Crippen molar-refractivity contribution in [1.82, 2.24) is 0 Å². The Bertz CT molecular complexity index is 490. The summed E-state index contributed by atoms with van der Waals surface area (Å²) in [7, 11) is 0. The summed E-state index contributed by atoms with van der Waals surface area (Å²) in [5, 5.41) is 0. The molecule has 0 N–H and O–H groups in total. The third-order valence-corrected chi connectivity index (χ3v) is 6.94. The van der Waals surface area contributed by atoms with Crippen molar-refractivity contribution in [2.45, 2.75) is 85.2 Å². The molecule has 5 unspecified atom stereocenters. The summed E-state index contributed by atoms with van der Waals surface area (Å²) in [6.45, 7) is 10.4. The first-order valence-corrected chi connectivity index (χ1v) is 9.66. The number of hydrogen-bond donors (Lipinski definition) is 0. The standard InChI is InChI=1S/C21H34O2/c1-6-20(4,5)19(22)23-21(13-14(2)3)17-8-7-15-9-16(11-17)12-18(21)10-15/h13,15-18H,6-12H2,1-5H3. The van der Waals surface area contributed by atoms with E-state index in [1.165, 1.54) is 44.1 Å². The van der Waals surface area contributed by atoms with Crippen molar-refractivity contribution >= 4 is 5.97 Å². The summed E-state index contributed by atoms with van der Waals surface area (Å²) in [5.74, 6) is 2.83. The molecule has 4 saturated carbocycles. The fourth-order valence-electron chi connectivity index (χ4n) is 5.39. The molecule has 0 aromatic carbocycles. The van der Waals surface area contributed by atoms with E-state index < -0.39 is 0 Å². The predicted molar refractivity (Wildman–Crippen MR) is 94.0 cm³/mol. The summed E-state index contributed by atoms with van der Waals surface area (Å²) in [5.41, 5.74) is 0.583. The van der Waals surface area contributed by atoms with Crippen molar-refractivity contribution in [2.75, 3.05) is 0 Å². The average Bonchev–Trinajstić information content (AvgIpc) is 2.68. The predicted octanol–water partition coefficient (Wildman–Crippen LogP) is 5.52. The van der Waals surface area contributed by atoms with Crippen LogP contribution in [-0.2, 0) is 9.53 Å². The fourth-order valence-corrected chi connectivity index (χ4v) is 5.39. The van der Waals surface area contributed by atoms with E-state index in [-0.39, 0.29) is 17.0 Å². The second kappa shape index (κ2) is 5.93. The Balaban J connectivity index is 1.97. The molecule has 4 fully saturated rings. The molecule has 4 aliphatic carbocycles. The van der Waals surface area contributed by atoms with Gasteiger partial charge in [-0.05, 0) is 90.6 Å². The summed E-state index contributed by atoms with van der Waals surface area (Å²) >= 11 is 0. The first-order valence-electron chi connectivity index (χ1n) is 9.66. The van der Waals surface area contributed by atoms with Crippen molar-refractivity contribution in [3.63, 3.8) is 0 Å². The third-order valence-electron chi connectivity index (χ3n) is 6.94. The second-order valence-electron chi connectivity index (χ2n) is 9.35. The lowest BCUT2D eigenvalue weighted by molar-refractivity contribution is -0.185. The molecule has 0 aliphatic heterocycles. The molecule has 0 aromatic heterocycles. The monoisotopic (exact) mass is 318 g/mol. The highest BCUT2D eigenvalue weighted by Gasteiger charge is 2.56. The Hall–Kier alpha value is -0.790. The summed E-state index contributed by atoms with van der Waals surface area (Å²) < 4.78 is 6.45. The van der Waals surface area contributed by atoms with Gasteiger partial charge in [-0.25, -0.2) is 0 Å². The molecule has 4 bridgehead atoms. The van der Waals surface area contributed by atoms with Crippen LogP contribution < -0.4 is 0 Å². The molecule has 23 heavy (non-hydrogen) atoms. The molecular weight excluding hydrogens is 284 g/mol. The molecule has 2 heteroatoms. The van der Waals surface area contributed by atoms with Crippen LogP contribution in [0.2, 0.25) is 0 Å². The summed E-state index contributed by atoms with van der Waals surface area (Å²) in [4.78, 5) is 12.9. The molecule has 2 nitrogen and oxygen atoms in total. The van der Waals surface area contributed by atoms with Gasteiger partial charge in [0, 0.05) is 11.8 Å². The molecular formula is C21H34O2. The Labute approximate surface area is 142 Å². The lowest BCUT2D eigenvalue weighted by atomic mass is 9.59. The number of hydrogen-bond acceptors (Lipinski definition) is 2. The highest BCUT2D eigenvalue weighted by molar-refractivity contribution is 5.76. The molecule has 4 aliphatic rings. The first kappa shape index (κ1) is 17.0. The van der Waals surface area contributed by atoms with E-state index in [9.17, 15) is 4.79 Å². The first-order chi connectivity index (χ1) is 10.8. The Morgan fingerprint density at radius 2 is 1.74 bits per heavy atom. The lowest BCUT2D eigenvalue weighted by Gasteiger charge is -2.52. The SMILES string of the molecule is CCC(C)(C)C(=O)OC1(C=C(C)C)C2CCC3CC(C2)CC1C3. The van der Waals surface area contributed by atoms with Gasteiger partial charge >= 0.3 is 5.97 Å². The third kappa shape index (κ3) is 2.98. The van der Waals surface area contributed by atoms with Gasteiger partial charge in [-0.2, -0.15) is 0 Å². The van der Waals surface area contributed by atoms with Crippen molar-refractivity contribution in [3.05, 3.63) is 11.6 Å². The number of carbonyl (C=O) groups excluding carboxylic acids is 1. The topological polar surface area (TPSA) is 26.3 Å². The minimum absolute atomic E-state index is 0.00461. The minimum Gasteiger partial charge on any atom is -0.454 e. The number of fused-ring (bicyclic) bond motifs is 1. The zero-order valence-corrected chi connectivity index (χ0v) is 15.7. The van der Waals surface area contributed by atoms with Crippen LogP contribution >= 0.6 is 0 Å². The zero-order chi connectivity index (χ0) is 16.8. The maximum absolute atomic E-state index is 12.9. The van der Waals surface area contributed by atoms with Crippen LogP contribution in [-0.4, -0.2) is 11.6 Å². The van der Waals surface area contributed by atoms with Crippen LogP contribution in [0.25, 0.3) is 0 Å². The van der Waals surface area contributed by atoms with E-state index in [1.807, 2.05) is 13.8 Å². The molecule has 130 valence electrons. The highest BCUT2D eigenvalue weighted by atomic mass is 16.6. The zero-order valence-electron chi connectivity index (χ0n) is 15.7. The quantitative estimate of drug-likeness (QED) is 0.504. The van der Waals surface area contributed by atoms with Gasteiger partial charge in [0.2, 0.25) is 0 Å². The Morgan fingerprint density at radius 1 is 1.09 bits per heavy atom. The summed E-state index contributed by atoms with van der Waals surface area (Å²) in [6.07, 6.45) is 10.9. The molecule has 4 rings (SSSR count). The van der Waals surface area contributed by atoms with E-state index in [1.54, 1.807) is 0 Å². The number of rotatable bonds is 4. The van der Waals surface area contributed by atoms with Crippen molar-refractivity contribution < 1.29 is 9.53 Å². The molecule has 0 aromatic rings. The lowest BCUT2D eigenvalue weighted by Crippen LogP contribution is -2.54. The van der Waals surface area contributed by atoms with Crippen molar-refractivity contribution in [3.8, 4) is 0 Å². The minimum atomic E-state index is -0.383. The molecule has 5 atom stereocenters. The maximum Gasteiger partial charge on any atom is 0.312 e. The van der Waals surface area contributed by atoms with E-state index >= 15 is 0 Å². The van der Waals surface area contributed by atoms with Crippen molar-refractivity contribution in [2.24, 2.45) is 29.1 Å². The van der Waals surface area contributed by atoms with Gasteiger partial charge in [0.25, 0.3) is 0 Å². The van der Waals surface area contributed by atoms with E-state index in [0.29, 0.717) is 11.8 Å². The molecule has 0 heterocycles. The Morgan fingerprint density at radius 3 is 2.39 bits per heavy atom. The van der Waals surface area contributed by atoms with Gasteiger partial charge in [-0.1, -0.05) is 12.5 Å². The van der Waals surface area contributed by atoms with Gasteiger partial charge in [-0.3, -0.25) is 4.79 Å². The van der Waals surface area contributed by atoms with Gasteiger partial charge in [0.15, 0.2) is 0 Å². The van der Waals surface area contributed by atoms with Crippen LogP contribution in [0, 0.1) is 29.1 Å². The van der Waals surface area contributed by atoms with Gasteiger partial charge in [0.1, 0.15) is 5.60 Å². The van der Waals surface area contributed by atoms with Gasteiger partial charge < -0.3 is 4.74 Å². The van der Waals surface area contributed by atoms with E-state index in [2.05, 4.69) is 26.8 Å². The smallest absolute Gasteiger partial charge is 0.312 e. The number of carbonyl (C=O) groups is 1. The fraction of sp³-hybridized carbons (Fsp3) is 0.857. The maximum atomic E-state index is 12.9. The normalized spacial score (nSPS) is 39.0. The number of ether oxygens (including phenoxy) is 1. The second-order valence-corrected chi connectivity index (χ2v) is 9.35.